The molecule has 0 saturated carbocycles. The second-order valence-electron chi connectivity index (χ2n) is 5.69. The summed E-state index contributed by atoms with van der Waals surface area (Å²) in [7, 11) is 1.96. The maximum Gasteiger partial charge on any atom is 0.110 e. The zero-order valence-corrected chi connectivity index (χ0v) is 14.4. The van der Waals surface area contributed by atoms with E-state index in [2.05, 4.69) is 38.5 Å². The molecular weight excluding hydrogens is 320 g/mol. The first-order chi connectivity index (χ1) is 11.8. The number of fused-ring (bicyclic) bond motifs is 2. The Hall–Kier alpha value is -2.09. The molecule has 7 heteroatoms. The van der Waals surface area contributed by atoms with Crippen LogP contribution in [0.15, 0.2) is 40.4 Å². The van der Waals surface area contributed by atoms with E-state index in [-0.39, 0.29) is 0 Å². The summed E-state index contributed by atoms with van der Waals surface area (Å²) in [6.07, 6.45) is 1.84. The van der Waals surface area contributed by atoms with E-state index in [1.54, 1.807) is 11.8 Å². The highest BCUT2D eigenvalue weighted by atomic mass is 32.2. The normalized spacial score (nSPS) is 12.4. The van der Waals surface area contributed by atoms with E-state index in [0.717, 1.165) is 47.1 Å². The second kappa shape index (κ2) is 6.43. The first-order valence-corrected chi connectivity index (χ1v) is 8.90. The van der Waals surface area contributed by atoms with Gasteiger partial charge in [0, 0.05) is 47.4 Å². The summed E-state index contributed by atoms with van der Waals surface area (Å²) in [6.45, 7) is 3.07. The molecule has 4 N–H and O–H groups in total. The van der Waals surface area contributed by atoms with Crippen LogP contribution in [-0.4, -0.2) is 41.4 Å². The van der Waals surface area contributed by atoms with Crippen molar-refractivity contribution in [3.63, 3.8) is 0 Å². The van der Waals surface area contributed by atoms with Crippen molar-refractivity contribution in [3.8, 4) is 11.3 Å². The molecular formula is C17H20N6S. The van der Waals surface area contributed by atoms with E-state index in [0.29, 0.717) is 6.54 Å². The zero-order valence-electron chi connectivity index (χ0n) is 13.5. The Kier molecular flexibility index (Phi) is 4.13. The molecule has 124 valence electrons. The maximum atomic E-state index is 5.65. The van der Waals surface area contributed by atoms with Gasteiger partial charge in [0.25, 0.3) is 0 Å². The quantitative estimate of drug-likeness (QED) is 0.499. The van der Waals surface area contributed by atoms with Crippen molar-refractivity contribution < 1.29 is 0 Å². The van der Waals surface area contributed by atoms with Crippen LogP contribution in [0.5, 0.6) is 0 Å². The highest BCUT2D eigenvalue weighted by Gasteiger charge is 2.26. The van der Waals surface area contributed by atoms with Crippen LogP contribution < -0.4 is 16.4 Å². The van der Waals surface area contributed by atoms with E-state index >= 15 is 0 Å². The Bertz CT molecular complexity index is 888. The average molecular weight is 340 g/mol. The largest absolute Gasteiger partial charge is 0.383 e. The Morgan fingerprint density at radius 2 is 2.17 bits per heavy atom. The van der Waals surface area contributed by atoms with Gasteiger partial charge >= 0.3 is 0 Å². The molecule has 6 nitrogen and oxygen atoms in total. The van der Waals surface area contributed by atoms with Gasteiger partial charge in [-0.25, -0.2) is 4.98 Å². The van der Waals surface area contributed by atoms with Gasteiger partial charge in [-0.15, -0.1) is 0 Å². The fourth-order valence-corrected chi connectivity index (χ4v) is 4.15. The predicted molar refractivity (Wildman–Crippen MR) is 98.6 cm³/mol. The van der Waals surface area contributed by atoms with Gasteiger partial charge in [0.1, 0.15) is 10.7 Å². The minimum Gasteiger partial charge on any atom is -0.383 e. The molecule has 0 saturated heterocycles. The molecule has 0 aliphatic carbocycles. The van der Waals surface area contributed by atoms with E-state index in [1.807, 2.05) is 19.3 Å². The van der Waals surface area contributed by atoms with Crippen LogP contribution in [0.1, 0.15) is 0 Å². The number of benzene rings is 1. The van der Waals surface area contributed by atoms with Crippen LogP contribution in [0, 0.1) is 0 Å². The summed E-state index contributed by atoms with van der Waals surface area (Å²) in [5.41, 5.74) is 10.1. The van der Waals surface area contributed by atoms with E-state index in [1.165, 1.54) is 10.3 Å². The molecule has 24 heavy (non-hydrogen) atoms. The number of hydrogen-bond acceptors (Lipinski definition) is 6. The van der Waals surface area contributed by atoms with Gasteiger partial charge < -0.3 is 16.4 Å². The molecule has 4 rings (SSSR count). The lowest BCUT2D eigenvalue weighted by Crippen LogP contribution is -2.15. The lowest BCUT2D eigenvalue weighted by atomic mass is 10.1. The van der Waals surface area contributed by atoms with Crippen LogP contribution in [0.3, 0.4) is 0 Å². The Morgan fingerprint density at radius 3 is 3.00 bits per heavy atom. The predicted octanol–water partition coefficient (Wildman–Crippen LogP) is 2.15. The van der Waals surface area contributed by atoms with Gasteiger partial charge in [-0.05, 0) is 31.3 Å². The van der Waals surface area contributed by atoms with Crippen LogP contribution in [0.25, 0.3) is 22.2 Å². The molecule has 3 heterocycles. The number of likely N-dealkylation sites (N-methyl/N-ethyl adjacent to an activating group) is 1. The Labute approximate surface area is 144 Å². The van der Waals surface area contributed by atoms with Gasteiger partial charge in [-0.2, -0.15) is 5.10 Å². The fourth-order valence-electron chi connectivity index (χ4n) is 3.02. The number of nitrogens with one attached hydrogen (secondary N) is 2. The van der Waals surface area contributed by atoms with Crippen LogP contribution >= 0.6 is 11.8 Å². The van der Waals surface area contributed by atoms with Crippen molar-refractivity contribution >= 4 is 28.4 Å². The van der Waals surface area contributed by atoms with E-state index in [4.69, 9.17) is 10.8 Å². The van der Waals surface area contributed by atoms with Crippen molar-refractivity contribution in [2.24, 2.45) is 5.73 Å². The molecule has 0 bridgehead atoms. The highest BCUT2D eigenvalue weighted by molar-refractivity contribution is 7.99. The van der Waals surface area contributed by atoms with Crippen LogP contribution in [0.4, 0.5) is 5.69 Å². The van der Waals surface area contributed by atoms with Crippen molar-refractivity contribution in [2.45, 2.75) is 16.5 Å². The summed E-state index contributed by atoms with van der Waals surface area (Å²) in [6, 6.07) is 8.34. The lowest BCUT2D eigenvalue weighted by molar-refractivity contribution is 0.602. The molecule has 2 aromatic heterocycles. The average Bonchev–Trinajstić information content (AvgIpc) is 2.99. The number of anilines is 1. The van der Waals surface area contributed by atoms with Crippen LogP contribution in [-0.2, 0) is 6.54 Å². The van der Waals surface area contributed by atoms with Gasteiger partial charge in [0.05, 0.1) is 12.1 Å². The first-order valence-electron chi connectivity index (χ1n) is 8.08. The number of aromatic nitrogens is 3. The summed E-state index contributed by atoms with van der Waals surface area (Å²) < 4.78 is 2.08. The molecule has 0 atom stereocenters. The Balaban J connectivity index is 1.93. The SMILES string of the molecule is CNCCn1nc2c3c(c(NCCN)ccc31)Sc1ncccc1-2. The molecule has 0 spiro atoms. The van der Waals surface area contributed by atoms with Crippen molar-refractivity contribution in [3.05, 3.63) is 30.5 Å². The lowest BCUT2D eigenvalue weighted by Gasteiger charge is -2.18. The number of pyridine rings is 1. The number of nitrogens with zero attached hydrogens (tertiary/aromatic N) is 3. The maximum absolute atomic E-state index is 5.65. The second-order valence-corrected chi connectivity index (χ2v) is 6.68. The van der Waals surface area contributed by atoms with Gasteiger partial charge in [0.15, 0.2) is 0 Å². The first kappa shape index (κ1) is 15.4. The summed E-state index contributed by atoms with van der Waals surface area (Å²) >= 11 is 1.71. The number of nitrogens with two attached hydrogens (primary N) is 1. The van der Waals surface area contributed by atoms with Crippen molar-refractivity contribution in [1.82, 2.24) is 20.1 Å². The summed E-state index contributed by atoms with van der Waals surface area (Å²) in [5, 5.41) is 13.7. The molecule has 0 fully saturated rings. The third-order valence-corrected chi connectivity index (χ3v) is 5.28. The van der Waals surface area contributed by atoms with Gasteiger partial charge in [-0.3, -0.25) is 4.68 Å². The molecule has 0 radical (unpaired) electrons. The van der Waals surface area contributed by atoms with Gasteiger partial charge in [-0.1, -0.05) is 11.8 Å². The third kappa shape index (κ3) is 2.45. The van der Waals surface area contributed by atoms with Crippen molar-refractivity contribution in [2.75, 3.05) is 32.0 Å². The minimum absolute atomic E-state index is 0.602. The third-order valence-electron chi connectivity index (χ3n) is 4.13. The molecule has 0 amide bonds. The van der Waals surface area contributed by atoms with Crippen LogP contribution in [0.2, 0.25) is 0 Å². The highest BCUT2D eigenvalue weighted by Crippen LogP contribution is 2.49. The summed E-state index contributed by atoms with van der Waals surface area (Å²) in [5.74, 6) is 0. The summed E-state index contributed by atoms with van der Waals surface area (Å²) in [4.78, 5) is 5.74. The topological polar surface area (TPSA) is 80.8 Å². The molecule has 1 aromatic carbocycles. The van der Waals surface area contributed by atoms with Crippen molar-refractivity contribution in [1.29, 1.82) is 0 Å². The molecule has 0 unspecified atom stereocenters. The number of hydrogen-bond donors (Lipinski definition) is 3. The Morgan fingerprint density at radius 1 is 1.25 bits per heavy atom. The van der Waals surface area contributed by atoms with E-state index < -0.39 is 0 Å². The molecule has 1 aliphatic heterocycles. The fraction of sp³-hybridized carbons (Fsp3) is 0.294. The number of rotatable bonds is 6. The smallest absolute Gasteiger partial charge is 0.110 e. The molecule has 1 aliphatic rings. The molecule has 3 aromatic rings. The zero-order chi connectivity index (χ0) is 16.5. The van der Waals surface area contributed by atoms with E-state index in [9.17, 15) is 0 Å². The van der Waals surface area contributed by atoms with Gasteiger partial charge in [0.2, 0.25) is 0 Å². The monoisotopic (exact) mass is 340 g/mol. The minimum atomic E-state index is 0.602. The standard InChI is InChI=1S/C17H20N6S/c1-19-9-10-23-13-5-4-12(20-8-6-18)16-14(13)15(22-23)11-3-2-7-21-17(11)24-16/h2-5,7,19-20H,6,8-10,18H2,1H3.